The molecule has 29 heavy (non-hydrogen) atoms. The smallest absolute Gasteiger partial charge is 0.309 e. The molecule has 1 aromatic rings. The van der Waals surface area contributed by atoms with Crippen molar-refractivity contribution in [3.63, 3.8) is 0 Å². The van der Waals surface area contributed by atoms with Crippen LogP contribution in [-0.2, 0) is 25.5 Å². The summed E-state index contributed by atoms with van der Waals surface area (Å²) in [6, 6.07) is 8.68. The SMILES string of the molecule is CCCCC1COC(=O)C(C(C)Cc2ccc(C3COC(=O)C(CC)C3)cc2)C1. The second-order valence-electron chi connectivity index (χ2n) is 9.07. The normalized spacial score (nSPS) is 28.5. The third-order valence-electron chi connectivity index (χ3n) is 6.83. The van der Waals surface area contributed by atoms with Crippen LogP contribution in [0.25, 0.3) is 0 Å². The van der Waals surface area contributed by atoms with Gasteiger partial charge in [-0.2, -0.15) is 0 Å². The quantitative estimate of drug-likeness (QED) is 0.556. The van der Waals surface area contributed by atoms with Crippen LogP contribution in [0.4, 0.5) is 0 Å². The van der Waals surface area contributed by atoms with E-state index in [2.05, 4.69) is 38.1 Å². The molecule has 2 aliphatic heterocycles. The minimum atomic E-state index is -0.0502. The van der Waals surface area contributed by atoms with E-state index in [-0.39, 0.29) is 35.6 Å². The van der Waals surface area contributed by atoms with E-state index in [9.17, 15) is 9.59 Å². The van der Waals surface area contributed by atoms with Gasteiger partial charge in [-0.3, -0.25) is 9.59 Å². The van der Waals surface area contributed by atoms with Crippen LogP contribution in [0, 0.1) is 23.7 Å². The number of rotatable bonds is 8. The van der Waals surface area contributed by atoms with Gasteiger partial charge in [0.1, 0.15) is 0 Å². The highest BCUT2D eigenvalue weighted by atomic mass is 16.5. The number of hydrogen-bond donors (Lipinski definition) is 0. The third kappa shape index (κ3) is 5.61. The number of carbonyl (C=O) groups is 2. The molecule has 2 heterocycles. The highest BCUT2D eigenvalue weighted by molar-refractivity contribution is 5.74. The van der Waals surface area contributed by atoms with Crippen LogP contribution in [0.15, 0.2) is 24.3 Å². The summed E-state index contributed by atoms with van der Waals surface area (Å²) >= 11 is 0. The second kappa shape index (κ2) is 10.3. The van der Waals surface area contributed by atoms with Gasteiger partial charge in [-0.25, -0.2) is 0 Å². The number of benzene rings is 1. The zero-order valence-electron chi connectivity index (χ0n) is 18.2. The number of ether oxygens (including phenoxy) is 2. The van der Waals surface area contributed by atoms with Gasteiger partial charge < -0.3 is 9.47 Å². The average Bonchev–Trinajstić information content (AvgIpc) is 2.74. The average molecular weight is 401 g/mol. The minimum absolute atomic E-state index is 0.00773. The lowest BCUT2D eigenvalue weighted by molar-refractivity contribution is -0.159. The van der Waals surface area contributed by atoms with Crippen LogP contribution in [0.2, 0.25) is 0 Å². The maximum Gasteiger partial charge on any atom is 0.309 e. The Morgan fingerprint density at radius 2 is 1.72 bits per heavy atom. The molecule has 0 aliphatic carbocycles. The molecule has 2 fully saturated rings. The first-order valence-electron chi connectivity index (χ1n) is 11.4. The molecule has 0 radical (unpaired) electrons. The summed E-state index contributed by atoms with van der Waals surface area (Å²) in [5, 5.41) is 0. The first-order chi connectivity index (χ1) is 14.0. The molecular weight excluding hydrogens is 364 g/mol. The number of unbranched alkanes of at least 4 members (excludes halogenated alkanes) is 1. The second-order valence-corrected chi connectivity index (χ2v) is 9.07. The van der Waals surface area contributed by atoms with Gasteiger partial charge in [0.2, 0.25) is 0 Å². The molecule has 0 aromatic heterocycles. The van der Waals surface area contributed by atoms with Crippen molar-refractivity contribution in [3.05, 3.63) is 35.4 Å². The van der Waals surface area contributed by atoms with Crippen LogP contribution < -0.4 is 0 Å². The Labute approximate surface area is 175 Å². The Hall–Kier alpha value is -1.84. The van der Waals surface area contributed by atoms with Crippen molar-refractivity contribution in [2.24, 2.45) is 23.7 Å². The standard InChI is InChI=1S/C25H36O4/c1-4-6-7-19-13-23(25(27)28-15-19)17(3)12-18-8-10-21(11-9-18)22-14-20(5-2)24(26)29-16-22/h8-11,17,19-20,22-23H,4-7,12-16H2,1-3H3. The Morgan fingerprint density at radius 1 is 1.00 bits per heavy atom. The molecule has 2 aliphatic rings. The number of carbonyl (C=O) groups excluding carboxylic acids is 2. The third-order valence-corrected chi connectivity index (χ3v) is 6.83. The van der Waals surface area contributed by atoms with E-state index < -0.39 is 0 Å². The predicted molar refractivity (Wildman–Crippen MR) is 113 cm³/mol. The van der Waals surface area contributed by atoms with Gasteiger partial charge in [0, 0.05) is 5.92 Å². The Kier molecular flexibility index (Phi) is 7.74. The molecule has 0 amide bonds. The van der Waals surface area contributed by atoms with Crippen LogP contribution in [0.1, 0.15) is 76.3 Å². The molecule has 0 spiro atoms. The summed E-state index contributed by atoms with van der Waals surface area (Å²) in [5.74, 6) is 1.04. The van der Waals surface area contributed by atoms with Gasteiger partial charge in [-0.1, -0.05) is 57.9 Å². The van der Waals surface area contributed by atoms with Crippen molar-refractivity contribution in [3.8, 4) is 0 Å². The molecule has 0 bridgehead atoms. The summed E-state index contributed by atoms with van der Waals surface area (Å²) in [4.78, 5) is 24.1. The molecular formula is C25H36O4. The number of hydrogen-bond acceptors (Lipinski definition) is 4. The molecule has 1 aromatic carbocycles. The lowest BCUT2D eigenvalue weighted by Crippen LogP contribution is -2.35. The van der Waals surface area contributed by atoms with E-state index in [1.165, 1.54) is 24.0 Å². The van der Waals surface area contributed by atoms with Crippen LogP contribution in [0.3, 0.4) is 0 Å². The van der Waals surface area contributed by atoms with Gasteiger partial charge in [-0.15, -0.1) is 0 Å². The van der Waals surface area contributed by atoms with E-state index in [1.807, 2.05) is 6.92 Å². The lowest BCUT2D eigenvalue weighted by Gasteiger charge is -2.32. The molecule has 0 saturated carbocycles. The highest BCUT2D eigenvalue weighted by Gasteiger charge is 2.34. The molecule has 3 rings (SSSR count). The van der Waals surface area contributed by atoms with Gasteiger partial charge in [0.15, 0.2) is 0 Å². The lowest BCUT2D eigenvalue weighted by atomic mass is 9.79. The first-order valence-corrected chi connectivity index (χ1v) is 11.4. The summed E-state index contributed by atoms with van der Waals surface area (Å²) < 4.78 is 10.9. The predicted octanol–water partition coefficient (Wildman–Crippen LogP) is 5.29. The molecule has 2 saturated heterocycles. The number of cyclic esters (lactones) is 2. The Bertz CT molecular complexity index is 681. The summed E-state index contributed by atoms with van der Waals surface area (Å²) in [6.07, 6.45) is 7.12. The van der Waals surface area contributed by atoms with Crippen LogP contribution in [-0.4, -0.2) is 25.2 Å². The van der Waals surface area contributed by atoms with Crippen molar-refractivity contribution in [2.45, 2.75) is 71.6 Å². The van der Waals surface area contributed by atoms with Crippen molar-refractivity contribution in [1.82, 2.24) is 0 Å². The largest absolute Gasteiger partial charge is 0.465 e. The van der Waals surface area contributed by atoms with Crippen LogP contribution in [0.5, 0.6) is 0 Å². The first kappa shape index (κ1) is 21.9. The zero-order chi connectivity index (χ0) is 20.8. The fourth-order valence-corrected chi connectivity index (χ4v) is 4.80. The molecule has 4 nitrogen and oxygen atoms in total. The summed E-state index contributed by atoms with van der Waals surface area (Å²) in [7, 11) is 0. The van der Waals surface area contributed by atoms with Crippen molar-refractivity contribution in [2.75, 3.05) is 13.2 Å². The number of esters is 2. The molecule has 5 unspecified atom stereocenters. The van der Waals surface area contributed by atoms with E-state index >= 15 is 0 Å². The van der Waals surface area contributed by atoms with E-state index in [4.69, 9.17) is 9.47 Å². The van der Waals surface area contributed by atoms with Crippen molar-refractivity contribution >= 4 is 11.9 Å². The zero-order valence-corrected chi connectivity index (χ0v) is 18.2. The fourth-order valence-electron chi connectivity index (χ4n) is 4.80. The molecule has 5 atom stereocenters. The Morgan fingerprint density at radius 3 is 2.41 bits per heavy atom. The molecule has 4 heteroatoms. The Balaban J connectivity index is 1.57. The van der Waals surface area contributed by atoms with Crippen molar-refractivity contribution in [1.29, 1.82) is 0 Å². The van der Waals surface area contributed by atoms with Gasteiger partial charge in [-0.05, 0) is 55.1 Å². The van der Waals surface area contributed by atoms with Gasteiger partial charge in [0.25, 0.3) is 0 Å². The van der Waals surface area contributed by atoms with E-state index in [0.29, 0.717) is 19.1 Å². The van der Waals surface area contributed by atoms with Crippen molar-refractivity contribution < 1.29 is 19.1 Å². The maximum atomic E-state index is 12.3. The fraction of sp³-hybridized carbons (Fsp3) is 0.680. The topological polar surface area (TPSA) is 52.6 Å². The summed E-state index contributed by atoms with van der Waals surface area (Å²) in [5.41, 5.74) is 2.49. The monoisotopic (exact) mass is 400 g/mol. The van der Waals surface area contributed by atoms with E-state index in [1.54, 1.807) is 0 Å². The summed E-state index contributed by atoms with van der Waals surface area (Å²) in [6.45, 7) is 7.51. The van der Waals surface area contributed by atoms with Crippen LogP contribution >= 0.6 is 0 Å². The van der Waals surface area contributed by atoms with Gasteiger partial charge >= 0.3 is 11.9 Å². The van der Waals surface area contributed by atoms with E-state index in [0.717, 1.165) is 32.1 Å². The molecule has 160 valence electrons. The highest BCUT2D eigenvalue weighted by Crippen LogP contribution is 2.33. The van der Waals surface area contributed by atoms with Gasteiger partial charge in [0.05, 0.1) is 25.0 Å². The minimum Gasteiger partial charge on any atom is -0.465 e. The maximum absolute atomic E-state index is 12.3. The molecule has 0 N–H and O–H groups in total.